The van der Waals surface area contributed by atoms with Crippen LogP contribution in [0.1, 0.15) is 25.1 Å². The van der Waals surface area contributed by atoms with Crippen LogP contribution in [0, 0.1) is 6.92 Å². The molecule has 1 aromatic heterocycles. The molecule has 0 aromatic carbocycles. The lowest BCUT2D eigenvalue weighted by molar-refractivity contribution is 0.218. The second-order valence-corrected chi connectivity index (χ2v) is 3.73. The van der Waals surface area contributed by atoms with Gasteiger partial charge in [-0.25, -0.2) is 0 Å². The molecule has 0 fully saturated rings. The van der Waals surface area contributed by atoms with Crippen LogP contribution < -0.4 is 0 Å². The molecule has 66 valence electrons. The maximum absolute atomic E-state index is 9.12. The van der Waals surface area contributed by atoms with E-state index in [1.807, 2.05) is 32.9 Å². The van der Waals surface area contributed by atoms with Crippen LogP contribution in [0.5, 0.6) is 0 Å². The number of hydrogen-bond donors (Lipinski definition) is 1. The molecule has 0 saturated carbocycles. The Morgan fingerprint density at radius 2 is 2.17 bits per heavy atom. The lowest BCUT2D eigenvalue weighted by Gasteiger charge is -2.22. The van der Waals surface area contributed by atoms with Crippen LogP contribution in [0.4, 0.5) is 0 Å². The highest BCUT2D eigenvalue weighted by atomic mass is 16.3. The Hall–Kier alpha value is -0.890. The molecule has 0 radical (unpaired) electrons. The van der Waals surface area contributed by atoms with E-state index in [0.717, 1.165) is 11.3 Å². The van der Waals surface area contributed by atoms with Crippen molar-refractivity contribution in [2.24, 2.45) is 0 Å². The van der Waals surface area contributed by atoms with E-state index in [2.05, 4.69) is 4.98 Å². The first-order valence-electron chi connectivity index (χ1n) is 4.10. The fourth-order valence-electron chi connectivity index (χ4n) is 1.06. The van der Waals surface area contributed by atoms with E-state index < -0.39 is 0 Å². The lowest BCUT2D eigenvalue weighted by atomic mass is 9.86. The summed E-state index contributed by atoms with van der Waals surface area (Å²) in [5.41, 5.74) is 1.97. The monoisotopic (exact) mass is 165 g/mol. The number of aliphatic hydroxyl groups is 1. The molecule has 0 saturated heterocycles. The molecular formula is C10H15NO. The van der Waals surface area contributed by atoms with Gasteiger partial charge in [-0.1, -0.05) is 13.8 Å². The van der Waals surface area contributed by atoms with E-state index in [1.165, 1.54) is 0 Å². The number of nitrogens with zero attached hydrogens (tertiary/aromatic N) is 1. The highest BCUT2D eigenvalue weighted by molar-refractivity contribution is 5.23. The van der Waals surface area contributed by atoms with Crippen molar-refractivity contribution in [3.8, 4) is 0 Å². The summed E-state index contributed by atoms with van der Waals surface area (Å²) in [6.45, 7) is 6.15. The highest BCUT2D eigenvalue weighted by Gasteiger charge is 2.18. The molecule has 0 aliphatic carbocycles. The predicted molar refractivity (Wildman–Crippen MR) is 49.1 cm³/mol. The van der Waals surface area contributed by atoms with Gasteiger partial charge in [-0.15, -0.1) is 0 Å². The van der Waals surface area contributed by atoms with Crippen molar-refractivity contribution in [1.82, 2.24) is 4.98 Å². The predicted octanol–water partition coefficient (Wildman–Crippen LogP) is 1.66. The number of pyridine rings is 1. The van der Waals surface area contributed by atoms with Gasteiger partial charge in [0.2, 0.25) is 0 Å². The van der Waals surface area contributed by atoms with Gasteiger partial charge in [-0.05, 0) is 24.6 Å². The van der Waals surface area contributed by atoms with Crippen molar-refractivity contribution >= 4 is 0 Å². The summed E-state index contributed by atoms with van der Waals surface area (Å²) in [6, 6.07) is 3.96. The van der Waals surface area contributed by atoms with Crippen molar-refractivity contribution in [1.29, 1.82) is 0 Å². The molecule has 0 aliphatic rings. The van der Waals surface area contributed by atoms with Gasteiger partial charge in [0.25, 0.3) is 0 Å². The number of aliphatic hydroxyl groups excluding tert-OH is 1. The summed E-state index contributed by atoms with van der Waals surface area (Å²) in [5, 5.41) is 9.12. The number of rotatable bonds is 2. The second-order valence-electron chi connectivity index (χ2n) is 3.73. The Balaban J connectivity index is 3.03. The zero-order chi connectivity index (χ0) is 9.19. The van der Waals surface area contributed by atoms with Gasteiger partial charge < -0.3 is 5.11 Å². The molecule has 1 N–H and O–H groups in total. The van der Waals surface area contributed by atoms with Crippen LogP contribution in [0.25, 0.3) is 0 Å². The standard InChI is InChI=1S/C10H15NO/c1-8-6-9(4-5-11-8)10(2,3)7-12/h4-6,12H,7H2,1-3H3. The van der Waals surface area contributed by atoms with Gasteiger partial charge in [0.05, 0.1) is 6.61 Å². The maximum atomic E-state index is 9.12. The summed E-state index contributed by atoms with van der Waals surface area (Å²) in [7, 11) is 0. The summed E-state index contributed by atoms with van der Waals surface area (Å²) in [4.78, 5) is 4.11. The first-order valence-corrected chi connectivity index (χ1v) is 4.10. The molecule has 2 nitrogen and oxygen atoms in total. The van der Waals surface area contributed by atoms with Crippen LogP contribution in [0.15, 0.2) is 18.3 Å². The minimum Gasteiger partial charge on any atom is -0.395 e. The Morgan fingerprint density at radius 1 is 1.50 bits per heavy atom. The van der Waals surface area contributed by atoms with Crippen molar-refractivity contribution in [2.75, 3.05) is 6.61 Å². The maximum Gasteiger partial charge on any atom is 0.0522 e. The normalized spacial score (nSPS) is 11.7. The van der Waals surface area contributed by atoms with Gasteiger partial charge in [-0.2, -0.15) is 0 Å². The second kappa shape index (κ2) is 3.23. The van der Waals surface area contributed by atoms with Gasteiger partial charge in [-0.3, -0.25) is 4.98 Å². The molecule has 0 aliphatic heterocycles. The first-order chi connectivity index (χ1) is 5.56. The SMILES string of the molecule is Cc1cc(C(C)(C)CO)ccn1. The molecule has 0 amide bonds. The van der Waals surface area contributed by atoms with Crippen LogP contribution >= 0.6 is 0 Å². The minimum absolute atomic E-state index is 0.159. The molecule has 1 rings (SSSR count). The summed E-state index contributed by atoms with van der Waals surface area (Å²) >= 11 is 0. The first kappa shape index (κ1) is 9.20. The third kappa shape index (κ3) is 1.83. The smallest absolute Gasteiger partial charge is 0.0522 e. The zero-order valence-corrected chi connectivity index (χ0v) is 7.83. The van der Waals surface area contributed by atoms with E-state index in [0.29, 0.717) is 0 Å². The minimum atomic E-state index is -0.159. The highest BCUT2D eigenvalue weighted by Crippen LogP contribution is 2.21. The average molecular weight is 165 g/mol. The topological polar surface area (TPSA) is 33.1 Å². The Kier molecular flexibility index (Phi) is 2.48. The molecule has 2 heteroatoms. The van der Waals surface area contributed by atoms with Gasteiger partial charge in [0, 0.05) is 17.3 Å². The quantitative estimate of drug-likeness (QED) is 0.723. The number of aromatic nitrogens is 1. The van der Waals surface area contributed by atoms with E-state index >= 15 is 0 Å². The lowest BCUT2D eigenvalue weighted by Crippen LogP contribution is -2.22. The Labute approximate surface area is 73.3 Å². The Bertz CT molecular complexity index is 268. The van der Waals surface area contributed by atoms with Crippen molar-refractivity contribution in [2.45, 2.75) is 26.2 Å². The van der Waals surface area contributed by atoms with E-state index in [-0.39, 0.29) is 12.0 Å². The van der Waals surface area contributed by atoms with E-state index in [4.69, 9.17) is 5.11 Å². The van der Waals surface area contributed by atoms with Gasteiger partial charge >= 0.3 is 0 Å². The van der Waals surface area contributed by atoms with Crippen LogP contribution in [-0.2, 0) is 5.41 Å². The molecule has 0 unspecified atom stereocenters. The van der Waals surface area contributed by atoms with E-state index in [1.54, 1.807) is 6.20 Å². The molecule has 12 heavy (non-hydrogen) atoms. The number of aryl methyl sites for hydroxylation is 1. The molecule has 0 spiro atoms. The molecule has 0 bridgehead atoms. The van der Waals surface area contributed by atoms with Crippen molar-refractivity contribution in [3.05, 3.63) is 29.6 Å². The van der Waals surface area contributed by atoms with Gasteiger partial charge in [0.15, 0.2) is 0 Å². The van der Waals surface area contributed by atoms with Crippen LogP contribution in [-0.4, -0.2) is 16.7 Å². The fourth-order valence-corrected chi connectivity index (χ4v) is 1.06. The molecule has 0 atom stereocenters. The number of hydrogen-bond acceptors (Lipinski definition) is 2. The zero-order valence-electron chi connectivity index (χ0n) is 7.83. The molecule has 1 heterocycles. The third-order valence-electron chi connectivity index (χ3n) is 2.07. The molecule has 1 aromatic rings. The third-order valence-corrected chi connectivity index (χ3v) is 2.07. The summed E-state index contributed by atoms with van der Waals surface area (Å²) in [5.74, 6) is 0. The summed E-state index contributed by atoms with van der Waals surface area (Å²) in [6.07, 6.45) is 1.78. The van der Waals surface area contributed by atoms with Crippen molar-refractivity contribution < 1.29 is 5.11 Å². The Morgan fingerprint density at radius 3 is 2.67 bits per heavy atom. The largest absolute Gasteiger partial charge is 0.395 e. The fraction of sp³-hybridized carbons (Fsp3) is 0.500. The van der Waals surface area contributed by atoms with Crippen LogP contribution in [0.3, 0.4) is 0 Å². The average Bonchev–Trinajstić information content (AvgIpc) is 2.05. The molecular weight excluding hydrogens is 150 g/mol. The summed E-state index contributed by atoms with van der Waals surface area (Å²) < 4.78 is 0. The van der Waals surface area contributed by atoms with E-state index in [9.17, 15) is 0 Å². The van der Waals surface area contributed by atoms with Crippen LogP contribution in [0.2, 0.25) is 0 Å². The van der Waals surface area contributed by atoms with Crippen molar-refractivity contribution in [3.63, 3.8) is 0 Å². The van der Waals surface area contributed by atoms with Gasteiger partial charge in [0.1, 0.15) is 0 Å².